The van der Waals surface area contributed by atoms with Crippen LogP contribution in [0.2, 0.25) is 0 Å². The highest BCUT2D eigenvalue weighted by Crippen LogP contribution is 2.62. The van der Waals surface area contributed by atoms with Crippen LogP contribution < -0.4 is 9.47 Å². The Labute approximate surface area is 140 Å². The molecule has 2 heterocycles. The first kappa shape index (κ1) is 7.84. The number of benzene rings is 1. The summed E-state index contributed by atoms with van der Waals surface area (Å²) < 4.78 is 71.7. The molecule has 0 radical (unpaired) electrons. The van der Waals surface area contributed by atoms with Gasteiger partial charge >= 0.3 is 0 Å². The molecule has 0 saturated carbocycles. The maximum atomic E-state index is 9.29. The van der Waals surface area contributed by atoms with E-state index in [4.69, 9.17) is 22.9 Å². The third-order valence-corrected chi connectivity index (χ3v) is 5.46. The molecule has 0 amide bonds. The zero-order chi connectivity index (χ0) is 21.1. The van der Waals surface area contributed by atoms with E-state index >= 15 is 0 Å². The molecule has 5 rings (SSSR count). The lowest BCUT2D eigenvalue weighted by Gasteiger charge is -2.56. The summed E-state index contributed by atoms with van der Waals surface area (Å²) in [5.41, 5.74) is -0.861. The van der Waals surface area contributed by atoms with Crippen molar-refractivity contribution < 1.29 is 22.8 Å². The van der Waals surface area contributed by atoms with E-state index in [1.54, 1.807) is 13.1 Å². The van der Waals surface area contributed by atoms with E-state index in [1.807, 2.05) is 4.90 Å². The number of hydrogen-bond donors (Lipinski definition) is 1. The van der Waals surface area contributed by atoms with Crippen LogP contribution >= 0.6 is 0 Å². The fourth-order valence-electron chi connectivity index (χ4n) is 4.46. The van der Waals surface area contributed by atoms with E-state index in [1.165, 1.54) is 13.2 Å². The molecule has 4 aliphatic rings. The number of likely N-dealkylation sites (tertiary alicyclic amines) is 1. The van der Waals surface area contributed by atoms with E-state index in [0.717, 1.165) is 0 Å². The molecular formula is C18H21NO3. The van der Waals surface area contributed by atoms with Crippen LogP contribution in [0.3, 0.4) is 0 Å². The van der Waals surface area contributed by atoms with Crippen LogP contribution in [0.4, 0.5) is 0 Å². The van der Waals surface area contributed by atoms with Crippen molar-refractivity contribution in [3.63, 3.8) is 0 Å². The first-order valence-corrected chi connectivity index (χ1v) is 7.47. The first-order valence-electron chi connectivity index (χ1n) is 10.9. The molecule has 1 N–H and O–H groups in total. The van der Waals surface area contributed by atoms with Gasteiger partial charge in [0.25, 0.3) is 0 Å². The Balaban J connectivity index is 1.99. The lowest BCUT2D eigenvalue weighted by Crippen LogP contribution is -2.64. The van der Waals surface area contributed by atoms with E-state index < -0.39 is 35.9 Å². The first-order chi connectivity index (χ1) is 13.5. The summed E-state index contributed by atoms with van der Waals surface area (Å²) in [6.45, 7) is 0.448. The molecule has 5 atom stereocenters. The normalized spacial score (nSPS) is 54.5. The monoisotopic (exact) mass is 306 g/mol. The number of hydrogen-bond acceptors (Lipinski definition) is 4. The van der Waals surface area contributed by atoms with Crippen molar-refractivity contribution in [3.05, 3.63) is 35.4 Å². The molecule has 4 heteroatoms. The largest absolute Gasteiger partial charge is 0.493 e. The second-order valence-electron chi connectivity index (χ2n) is 6.33. The van der Waals surface area contributed by atoms with Gasteiger partial charge in [-0.05, 0) is 38.0 Å². The second-order valence-corrected chi connectivity index (χ2v) is 6.33. The van der Waals surface area contributed by atoms with E-state index in [-0.39, 0.29) is 29.1 Å². The standard InChI is InChI=1S/C18H21NO3/c1-19-8-7-18-11-4-5-13(20)17(18)22-16-14(21-2)6-3-10(15(16)18)9-12(11)19/h3-6,11-13,17,20H,7-9H2,1-2H3/t11-,12+,13?,17?,18-/m0/s1/i3D,6D,9D2,13D,17D,20D. The SMILES string of the molecule is [2H]OC1([2H])C=C[C@H]2[C@@H]3N(C)CC[C@@]24c2c(c(OC)c([2H])c([2H])c2C3([2H])[2H])OC14[2H]. The number of rotatable bonds is 2. The molecule has 1 spiro atoms. The van der Waals surface area contributed by atoms with Gasteiger partial charge in [-0.2, -0.15) is 0 Å². The van der Waals surface area contributed by atoms with Gasteiger partial charge in [0.2, 0.25) is 1.43 Å². The Morgan fingerprint density at radius 3 is 3.32 bits per heavy atom. The molecule has 1 fully saturated rings. The van der Waals surface area contributed by atoms with Crippen molar-refractivity contribution in [2.75, 3.05) is 20.7 Å². The van der Waals surface area contributed by atoms with Crippen molar-refractivity contribution in [2.45, 2.75) is 36.4 Å². The summed E-state index contributed by atoms with van der Waals surface area (Å²) in [6, 6.07) is -1.33. The molecule has 2 aliphatic heterocycles. The van der Waals surface area contributed by atoms with Crippen LogP contribution in [-0.4, -0.2) is 50.3 Å². The highest BCUT2D eigenvalue weighted by Gasteiger charge is 2.64. The van der Waals surface area contributed by atoms with Gasteiger partial charge in [-0.3, -0.25) is 0 Å². The Morgan fingerprint density at radius 2 is 2.50 bits per heavy atom. The third-order valence-electron chi connectivity index (χ3n) is 5.46. The van der Waals surface area contributed by atoms with E-state index in [2.05, 4.69) is 0 Å². The molecule has 1 aromatic rings. The maximum Gasteiger partial charge on any atom is 0.211 e. The predicted octanol–water partition coefficient (Wildman–Crippen LogP) is 1.50. The summed E-state index contributed by atoms with van der Waals surface area (Å²) >= 11 is 0. The van der Waals surface area contributed by atoms with Gasteiger partial charge in [0.05, 0.1) is 12.6 Å². The second kappa shape index (κ2) is 4.06. The third kappa shape index (κ3) is 1.28. The number of nitrogens with zero attached hydrogens (tertiary/aromatic N) is 1. The summed E-state index contributed by atoms with van der Waals surface area (Å²) in [5.74, 6) is -0.562. The van der Waals surface area contributed by atoms with Crippen LogP contribution in [0.5, 0.6) is 11.5 Å². The number of methoxy groups -OCH3 is 1. The van der Waals surface area contributed by atoms with Crippen LogP contribution in [0, 0.1) is 5.92 Å². The van der Waals surface area contributed by atoms with E-state index in [9.17, 15) is 1.37 Å². The van der Waals surface area contributed by atoms with Crippen molar-refractivity contribution in [1.82, 2.24) is 4.90 Å². The summed E-state index contributed by atoms with van der Waals surface area (Å²) in [4.78, 5) is 1.87. The van der Waals surface area contributed by atoms with Crippen molar-refractivity contribution >= 4 is 0 Å². The number of piperidine rings is 1. The lowest BCUT2D eigenvalue weighted by molar-refractivity contribution is -0.0453. The number of ether oxygens (including phenoxy) is 2. The van der Waals surface area contributed by atoms with Gasteiger partial charge in [-0.15, -0.1) is 0 Å². The average Bonchev–Trinajstić information content (AvgIpc) is 2.93. The Kier molecular flexibility index (Phi) is 1.45. The molecule has 2 unspecified atom stereocenters. The molecule has 2 bridgehead atoms. The predicted molar refractivity (Wildman–Crippen MR) is 82.5 cm³/mol. The van der Waals surface area contributed by atoms with Gasteiger partial charge in [0.15, 0.2) is 11.5 Å². The highest BCUT2D eigenvalue weighted by atomic mass is 16.5. The number of aliphatic hydroxyl groups is 1. The van der Waals surface area contributed by atoms with Crippen LogP contribution in [-0.2, 0) is 11.8 Å². The smallest absolute Gasteiger partial charge is 0.211 e. The molecular weight excluding hydrogens is 278 g/mol. The summed E-state index contributed by atoms with van der Waals surface area (Å²) in [5, 5.41) is 4.71. The van der Waals surface area contributed by atoms with Crippen molar-refractivity contribution in [3.8, 4) is 11.5 Å². The van der Waals surface area contributed by atoms with Gasteiger partial charge < -0.3 is 19.5 Å². The Morgan fingerprint density at radius 1 is 1.59 bits per heavy atom. The minimum Gasteiger partial charge on any atom is -0.493 e. The molecule has 2 aliphatic carbocycles. The summed E-state index contributed by atoms with van der Waals surface area (Å²) in [7, 11) is 3.13. The van der Waals surface area contributed by atoms with Gasteiger partial charge in [0.1, 0.15) is 12.2 Å². The fraction of sp³-hybridized carbons (Fsp3) is 0.556. The zero-order valence-electron chi connectivity index (χ0n) is 19.4. The van der Waals surface area contributed by atoms with Crippen LogP contribution in [0.25, 0.3) is 0 Å². The molecule has 4 nitrogen and oxygen atoms in total. The van der Waals surface area contributed by atoms with Gasteiger partial charge in [-0.1, -0.05) is 18.2 Å². The van der Waals surface area contributed by atoms with E-state index in [0.29, 0.717) is 18.5 Å². The topological polar surface area (TPSA) is 41.9 Å². The lowest BCUT2D eigenvalue weighted by atomic mass is 9.53. The highest BCUT2D eigenvalue weighted by molar-refractivity contribution is 5.62. The average molecular weight is 306 g/mol. The molecule has 22 heavy (non-hydrogen) atoms. The molecule has 1 saturated heterocycles. The minimum atomic E-state index is -2.17. The summed E-state index contributed by atoms with van der Waals surface area (Å²) in [6.07, 6.45) is -2.93. The molecule has 116 valence electrons. The van der Waals surface area contributed by atoms with Crippen LogP contribution in [0.15, 0.2) is 24.2 Å². The minimum absolute atomic E-state index is 0.0165. The maximum absolute atomic E-state index is 9.29. The Bertz CT molecular complexity index is 972. The molecule has 1 aromatic carbocycles. The van der Waals surface area contributed by atoms with Gasteiger partial charge in [0, 0.05) is 25.7 Å². The van der Waals surface area contributed by atoms with Gasteiger partial charge in [-0.25, -0.2) is 0 Å². The van der Waals surface area contributed by atoms with Crippen molar-refractivity contribution in [1.29, 1.82) is 1.43 Å². The number of likely N-dealkylation sites (N-methyl/N-ethyl adjacent to an activating group) is 1. The Hall–Kier alpha value is -1.52. The molecule has 0 aromatic heterocycles. The quantitative estimate of drug-likeness (QED) is 0.841. The van der Waals surface area contributed by atoms with Crippen molar-refractivity contribution in [2.24, 2.45) is 5.92 Å². The zero-order valence-corrected chi connectivity index (χ0v) is 12.4. The van der Waals surface area contributed by atoms with Crippen LogP contribution in [0.1, 0.15) is 25.8 Å². The fourth-order valence-corrected chi connectivity index (χ4v) is 4.46.